The first-order valence-electron chi connectivity index (χ1n) is 7.55. The largest absolute Gasteiger partial charge is 0.341 e. The first kappa shape index (κ1) is 18.1. The molecule has 2 aromatic rings. The van der Waals surface area contributed by atoms with Gasteiger partial charge in [0.1, 0.15) is 6.04 Å². The van der Waals surface area contributed by atoms with Crippen LogP contribution in [0.4, 0.5) is 5.69 Å². The zero-order chi connectivity index (χ0) is 18.6. The summed E-state index contributed by atoms with van der Waals surface area (Å²) in [5.74, 6) is -0.818. The molecule has 0 fully saturated rings. The number of aromatic nitrogens is 2. The number of hydrogen-bond donors (Lipinski definition) is 1. The van der Waals surface area contributed by atoms with E-state index in [1.54, 1.807) is 38.1 Å². The van der Waals surface area contributed by atoms with Gasteiger partial charge < -0.3 is 10.2 Å². The van der Waals surface area contributed by atoms with Crippen LogP contribution in [0.1, 0.15) is 22.8 Å². The van der Waals surface area contributed by atoms with Gasteiger partial charge in [-0.2, -0.15) is 5.10 Å². The second kappa shape index (κ2) is 7.56. The van der Waals surface area contributed by atoms with E-state index in [1.165, 1.54) is 29.2 Å². The van der Waals surface area contributed by atoms with Gasteiger partial charge >= 0.3 is 0 Å². The van der Waals surface area contributed by atoms with Crippen molar-refractivity contribution < 1.29 is 14.5 Å². The molecule has 0 saturated heterocycles. The van der Waals surface area contributed by atoms with Gasteiger partial charge in [0, 0.05) is 50.1 Å². The summed E-state index contributed by atoms with van der Waals surface area (Å²) < 4.78 is 1.64. The molecule has 2 amide bonds. The Morgan fingerprint density at radius 2 is 2.16 bits per heavy atom. The number of likely N-dealkylation sites (N-methyl/N-ethyl adjacent to an activating group) is 1. The molecule has 132 valence electrons. The molecule has 1 atom stereocenters. The standard InChI is InChI=1S/C16H19N5O4/c1-11(16(23)19(2)9-12-8-17-20(3)10-12)18-15(22)13-5-4-6-14(7-13)21(24)25/h4-8,10-11H,9H2,1-3H3,(H,18,22). The van der Waals surface area contributed by atoms with Crippen molar-refractivity contribution >= 4 is 17.5 Å². The normalized spacial score (nSPS) is 11.6. The lowest BCUT2D eigenvalue weighted by atomic mass is 10.1. The van der Waals surface area contributed by atoms with E-state index in [4.69, 9.17) is 0 Å². The zero-order valence-corrected chi connectivity index (χ0v) is 14.2. The van der Waals surface area contributed by atoms with Gasteiger partial charge in [-0.25, -0.2) is 0 Å². The lowest BCUT2D eigenvalue weighted by Gasteiger charge is -2.21. The van der Waals surface area contributed by atoms with Gasteiger partial charge in [0.2, 0.25) is 5.91 Å². The number of nitrogens with one attached hydrogen (secondary N) is 1. The predicted molar refractivity (Wildman–Crippen MR) is 89.7 cm³/mol. The fraction of sp³-hybridized carbons (Fsp3) is 0.312. The molecule has 0 radical (unpaired) electrons. The van der Waals surface area contributed by atoms with Crippen molar-refractivity contribution in [1.82, 2.24) is 20.0 Å². The van der Waals surface area contributed by atoms with Crippen molar-refractivity contribution in [2.75, 3.05) is 7.05 Å². The molecule has 9 nitrogen and oxygen atoms in total. The summed E-state index contributed by atoms with van der Waals surface area (Å²) in [7, 11) is 3.42. The Morgan fingerprint density at radius 3 is 2.76 bits per heavy atom. The second-order valence-corrected chi connectivity index (χ2v) is 5.72. The van der Waals surface area contributed by atoms with Gasteiger partial charge in [-0.3, -0.25) is 24.4 Å². The van der Waals surface area contributed by atoms with Crippen LogP contribution in [0.5, 0.6) is 0 Å². The smallest absolute Gasteiger partial charge is 0.270 e. The van der Waals surface area contributed by atoms with E-state index in [2.05, 4.69) is 10.4 Å². The summed E-state index contributed by atoms with van der Waals surface area (Å²) in [5, 5.41) is 17.4. The van der Waals surface area contributed by atoms with Crippen LogP contribution in [0.25, 0.3) is 0 Å². The van der Waals surface area contributed by atoms with Crippen LogP contribution in [0.15, 0.2) is 36.7 Å². The number of rotatable bonds is 6. The van der Waals surface area contributed by atoms with Crippen LogP contribution >= 0.6 is 0 Å². The Balaban J connectivity index is 1.98. The highest BCUT2D eigenvalue weighted by molar-refractivity contribution is 5.97. The molecule has 0 bridgehead atoms. The molecule has 0 saturated carbocycles. The molecule has 1 unspecified atom stereocenters. The van der Waals surface area contributed by atoms with Gasteiger partial charge in [-0.1, -0.05) is 6.07 Å². The number of carbonyl (C=O) groups is 2. The van der Waals surface area contributed by atoms with Gasteiger partial charge in [-0.15, -0.1) is 0 Å². The van der Waals surface area contributed by atoms with Crippen LogP contribution in [0.2, 0.25) is 0 Å². The number of aryl methyl sites for hydroxylation is 1. The van der Waals surface area contributed by atoms with E-state index in [1.807, 2.05) is 0 Å². The topological polar surface area (TPSA) is 110 Å². The first-order valence-corrected chi connectivity index (χ1v) is 7.55. The number of carbonyl (C=O) groups excluding carboxylic acids is 2. The molecule has 1 aromatic heterocycles. The number of hydrogen-bond acceptors (Lipinski definition) is 5. The quantitative estimate of drug-likeness (QED) is 0.623. The Kier molecular flexibility index (Phi) is 5.48. The molecule has 0 aliphatic rings. The fourth-order valence-electron chi connectivity index (χ4n) is 2.34. The number of amides is 2. The minimum Gasteiger partial charge on any atom is -0.341 e. The van der Waals surface area contributed by atoms with Crippen molar-refractivity contribution in [3.8, 4) is 0 Å². The number of nitro groups is 1. The predicted octanol–water partition coefficient (Wildman–Crippen LogP) is 1.11. The fourth-order valence-corrected chi connectivity index (χ4v) is 2.34. The molecule has 0 spiro atoms. The summed E-state index contributed by atoms with van der Waals surface area (Å²) in [4.78, 5) is 36.3. The zero-order valence-electron chi connectivity index (χ0n) is 14.2. The van der Waals surface area contributed by atoms with Crippen molar-refractivity contribution in [2.24, 2.45) is 7.05 Å². The average molecular weight is 345 g/mol. The Hall–Kier alpha value is -3.23. The molecule has 1 heterocycles. The van der Waals surface area contributed by atoms with Crippen molar-refractivity contribution in [2.45, 2.75) is 19.5 Å². The number of benzene rings is 1. The van der Waals surface area contributed by atoms with Crippen LogP contribution < -0.4 is 5.32 Å². The molecule has 25 heavy (non-hydrogen) atoms. The molecule has 1 N–H and O–H groups in total. The minimum absolute atomic E-state index is 0.128. The van der Waals surface area contributed by atoms with E-state index in [0.29, 0.717) is 6.54 Å². The Morgan fingerprint density at radius 1 is 1.44 bits per heavy atom. The molecule has 9 heteroatoms. The lowest BCUT2D eigenvalue weighted by Crippen LogP contribution is -2.45. The third kappa shape index (κ3) is 4.63. The van der Waals surface area contributed by atoms with Crippen molar-refractivity contribution in [1.29, 1.82) is 0 Å². The molecular weight excluding hydrogens is 326 g/mol. The maximum absolute atomic E-state index is 12.4. The van der Waals surface area contributed by atoms with Gasteiger partial charge in [0.15, 0.2) is 0 Å². The molecule has 1 aromatic carbocycles. The van der Waals surface area contributed by atoms with Crippen molar-refractivity contribution in [3.05, 3.63) is 57.9 Å². The van der Waals surface area contributed by atoms with Gasteiger partial charge in [-0.05, 0) is 13.0 Å². The van der Waals surface area contributed by atoms with E-state index >= 15 is 0 Å². The summed E-state index contributed by atoms with van der Waals surface area (Å²) in [6, 6.07) is 4.58. The highest BCUT2D eigenvalue weighted by Crippen LogP contribution is 2.13. The highest BCUT2D eigenvalue weighted by Gasteiger charge is 2.21. The molecular formula is C16H19N5O4. The van der Waals surface area contributed by atoms with Gasteiger partial charge in [0.25, 0.3) is 11.6 Å². The van der Waals surface area contributed by atoms with Crippen LogP contribution in [-0.2, 0) is 18.4 Å². The highest BCUT2D eigenvalue weighted by atomic mass is 16.6. The number of nitro benzene ring substituents is 1. The summed E-state index contributed by atoms with van der Waals surface area (Å²) in [6.07, 6.45) is 3.46. The maximum atomic E-state index is 12.4. The number of non-ortho nitro benzene ring substituents is 1. The third-order valence-corrected chi connectivity index (χ3v) is 3.59. The van der Waals surface area contributed by atoms with Crippen molar-refractivity contribution in [3.63, 3.8) is 0 Å². The van der Waals surface area contributed by atoms with Crippen LogP contribution in [0.3, 0.4) is 0 Å². The summed E-state index contributed by atoms with van der Waals surface area (Å²) in [5.41, 5.74) is 0.819. The summed E-state index contributed by atoms with van der Waals surface area (Å²) in [6.45, 7) is 1.93. The Bertz CT molecular complexity index is 801. The lowest BCUT2D eigenvalue weighted by molar-refractivity contribution is -0.384. The SMILES string of the molecule is CC(NC(=O)c1cccc([N+](=O)[O-])c1)C(=O)N(C)Cc1cnn(C)c1. The molecule has 0 aliphatic heterocycles. The number of nitrogens with zero attached hydrogens (tertiary/aromatic N) is 4. The minimum atomic E-state index is -0.770. The Labute approximate surface area is 144 Å². The van der Waals surface area contributed by atoms with Gasteiger partial charge in [0.05, 0.1) is 11.1 Å². The van der Waals surface area contributed by atoms with E-state index in [0.717, 1.165) is 5.56 Å². The third-order valence-electron chi connectivity index (χ3n) is 3.59. The van der Waals surface area contributed by atoms with Crippen LogP contribution in [0, 0.1) is 10.1 Å². The summed E-state index contributed by atoms with van der Waals surface area (Å²) >= 11 is 0. The molecule has 2 rings (SSSR count). The maximum Gasteiger partial charge on any atom is 0.270 e. The van der Waals surface area contributed by atoms with Crippen LogP contribution in [-0.4, -0.2) is 44.5 Å². The first-order chi connectivity index (χ1) is 11.8. The van der Waals surface area contributed by atoms with E-state index in [9.17, 15) is 19.7 Å². The van der Waals surface area contributed by atoms with E-state index in [-0.39, 0.29) is 17.2 Å². The average Bonchev–Trinajstić information content (AvgIpc) is 2.98. The monoisotopic (exact) mass is 345 g/mol. The molecule has 0 aliphatic carbocycles. The van der Waals surface area contributed by atoms with E-state index < -0.39 is 16.9 Å². The second-order valence-electron chi connectivity index (χ2n) is 5.72.